The molecule has 0 radical (unpaired) electrons. The average molecular weight is 233 g/mol. The number of aromatic nitrogens is 3. The van der Waals surface area contributed by atoms with Gasteiger partial charge in [0.2, 0.25) is 17.7 Å². The minimum atomic E-state index is 0.539. The monoisotopic (exact) mass is 233 g/mol. The Hall–Kier alpha value is -2.11. The van der Waals surface area contributed by atoms with E-state index in [1.165, 1.54) is 0 Å². The quantitative estimate of drug-likeness (QED) is 0.795. The van der Waals surface area contributed by atoms with Gasteiger partial charge in [0.1, 0.15) is 0 Å². The van der Waals surface area contributed by atoms with E-state index in [0.29, 0.717) is 23.5 Å². The van der Waals surface area contributed by atoms with Crippen molar-refractivity contribution in [2.45, 2.75) is 0 Å². The minimum Gasteiger partial charge on any atom is -0.461 e. The summed E-state index contributed by atoms with van der Waals surface area (Å²) < 4.78 is 5.30. The molecule has 0 bridgehead atoms. The van der Waals surface area contributed by atoms with E-state index in [1.54, 1.807) is 6.26 Å². The third-order valence-corrected chi connectivity index (χ3v) is 2.15. The van der Waals surface area contributed by atoms with Gasteiger partial charge in [-0.05, 0) is 12.1 Å². The average Bonchev–Trinajstić information content (AvgIpc) is 2.81. The molecule has 0 saturated heterocycles. The molecule has 2 rings (SSSR count). The summed E-state index contributed by atoms with van der Waals surface area (Å²) in [6.45, 7) is 0. The summed E-state index contributed by atoms with van der Waals surface area (Å²) in [5, 5.41) is 0. The van der Waals surface area contributed by atoms with Gasteiger partial charge in [-0.1, -0.05) is 0 Å². The van der Waals surface area contributed by atoms with Gasteiger partial charge in [0, 0.05) is 28.2 Å². The molecule has 0 unspecified atom stereocenters. The summed E-state index contributed by atoms with van der Waals surface area (Å²) in [7, 11) is 7.56. The second-order valence-electron chi connectivity index (χ2n) is 4.03. The highest BCUT2D eigenvalue weighted by Crippen LogP contribution is 2.19. The highest BCUT2D eigenvalue weighted by atomic mass is 16.3. The Morgan fingerprint density at radius 3 is 1.94 bits per heavy atom. The van der Waals surface area contributed by atoms with Crippen molar-refractivity contribution in [3.05, 3.63) is 18.4 Å². The van der Waals surface area contributed by atoms with Gasteiger partial charge >= 0.3 is 0 Å². The van der Waals surface area contributed by atoms with Gasteiger partial charge in [-0.3, -0.25) is 0 Å². The molecule has 0 N–H and O–H groups in total. The molecule has 0 aliphatic carbocycles. The molecule has 0 spiro atoms. The molecule has 6 heteroatoms. The number of nitrogens with zero attached hydrogens (tertiary/aromatic N) is 5. The fraction of sp³-hybridized carbons (Fsp3) is 0.364. The van der Waals surface area contributed by atoms with Crippen molar-refractivity contribution in [1.29, 1.82) is 0 Å². The van der Waals surface area contributed by atoms with E-state index in [4.69, 9.17) is 4.42 Å². The van der Waals surface area contributed by atoms with Crippen LogP contribution in [0.15, 0.2) is 22.8 Å². The molecule has 0 aliphatic heterocycles. The van der Waals surface area contributed by atoms with Crippen LogP contribution in [-0.2, 0) is 0 Å². The van der Waals surface area contributed by atoms with Crippen molar-refractivity contribution in [1.82, 2.24) is 15.0 Å². The number of anilines is 2. The lowest BCUT2D eigenvalue weighted by molar-refractivity contribution is 0.576. The predicted octanol–water partition coefficient (Wildman–Crippen LogP) is 1.26. The molecule has 2 aromatic rings. The molecule has 6 nitrogen and oxygen atoms in total. The maximum Gasteiger partial charge on any atom is 0.230 e. The van der Waals surface area contributed by atoms with Crippen LogP contribution >= 0.6 is 0 Å². The van der Waals surface area contributed by atoms with E-state index in [2.05, 4.69) is 15.0 Å². The standard InChI is InChI=1S/C11H15N5O/c1-15(2)10-12-9(8-6-5-7-17-8)13-11(14-10)16(3)4/h5-7H,1-4H3. The molecule has 0 aromatic carbocycles. The zero-order valence-electron chi connectivity index (χ0n) is 10.4. The molecule has 0 aliphatic rings. The maximum atomic E-state index is 5.30. The summed E-state index contributed by atoms with van der Waals surface area (Å²) in [6, 6.07) is 3.64. The molecule has 2 heterocycles. The first-order valence-electron chi connectivity index (χ1n) is 5.22. The Kier molecular flexibility index (Phi) is 2.95. The third kappa shape index (κ3) is 2.35. The van der Waals surface area contributed by atoms with Gasteiger partial charge in [-0.2, -0.15) is 15.0 Å². The SMILES string of the molecule is CN(C)c1nc(-c2ccco2)nc(N(C)C)n1. The van der Waals surface area contributed by atoms with Crippen LogP contribution in [0.25, 0.3) is 11.6 Å². The Morgan fingerprint density at radius 2 is 1.53 bits per heavy atom. The van der Waals surface area contributed by atoms with E-state index in [0.717, 1.165) is 0 Å². The molecule has 2 aromatic heterocycles. The second kappa shape index (κ2) is 4.40. The van der Waals surface area contributed by atoms with Crippen molar-refractivity contribution < 1.29 is 4.42 Å². The van der Waals surface area contributed by atoms with Crippen molar-refractivity contribution in [2.24, 2.45) is 0 Å². The molecule has 0 saturated carbocycles. The van der Waals surface area contributed by atoms with Crippen molar-refractivity contribution in [2.75, 3.05) is 38.0 Å². The topological polar surface area (TPSA) is 58.3 Å². The van der Waals surface area contributed by atoms with Crippen LogP contribution < -0.4 is 9.80 Å². The van der Waals surface area contributed by atoms with E-state index in [9.17, 15) is 0 Å². The summed E-state index contributed by atoms with van der Waals surface area (Å²) in [4.78, 5) is 16.7. The predicted molar refractivity (Wildman–Crippen MR) is 66.2 cm³/mol. The zero-order valence-corrected chi connectivity index (χ0v) is 10.4. The van der Waals surface area contributed by atoms with Crippen LogP contribution in [0.2, 0.25) is 0 Å². The van der Waals surface area contributed by atoms with E-state index in [1.807, 2.05) is 50.1 Å². The van der Waals surface area contributed by atoms with Gasteiger partial charge in [0.05, 0.1) is 6.26 Å². The van der Waals surface area contributed by atoms with Gasteiger partial charge in [0.15, 0.2) is 5.76 Å². The van der Waals surface area contributed by atoms with Crippen molar-refractivity contribution in [3.8, 4) is 11.6 Å². The lowest BCUT2D eigenvalue weighted by atomic mass is 10.4. The minimum absolute atomic E-state index is 0.539. The summed E-state index contributed by atoms with van der Waals surface area (Å²) in [5.41, 5.74) is 0. The lowest BCUT2D eigenvalue weighted by Gasteiger charge is -2.15. The highest BCUT2D eigenvalue weighted by molar-refractivity contribution is 5.52. The Labute approximate surface area is 99.9 Å². The number of rotatable bonds is 3. The first kappa shape index (κ1) is 11.4. The lowest BCUT2D eigenvalue weighted by Crippen LogP contribution is -2.19. The molecule has 0 atom stereocenters. The fourth-order valence-corrected chi connectivity index (χ4v) is 1.27. The van der Waals surface area contributed by atoms with Crippen LogP contribution in [0.4, 0.5) is 11.9 Å². The van der Waals surface area contributed by atoms with Crippen LogP contribution in [0, 0.1) is 0 Å². The highest BCUT2D eigenvalue weighted by Gasteiger charge is 2.12. The molecule has 17 heavy (non-hydrogen) atoms. The first-order chi connectivity index (χ1) is 8.08. The molecular formula is C11H15N5O. The van der Waals surface area contributed by atoms with Gasteiger partial charge in [-0.15, -0.1) is 0 Å². The summed E-state index contributed by atoms with van der Waals surface area (Å²) in [6.07, 6.45) is 1.60. The van der Waals surface area contributed by atoms with Crippen molar-refractivity contribution in [3.63, 3.8) is 0 Å². The number of furan rings is 1. The Balaban J connectivity index is 2.52. The zero-order chi connectivity index (χ0) is 12.4. The normalized spacial score (nSPS) is 10.4. The summed E-state index contributed by atoms with van der Waals surface area (Å²) >= 11 is 0. The van der Waals surface area contributed by atoms with Crippen molar-refractivity contribution >= 4 is 11.9 Å². The summed E-state index contributed by atoms with van der Waals surface area (Å²) in [5.74, 6) is 2.39. The molecule has 0 amide bonds. The molecule has 90 valence electrons. The van der Waals surface area contributed by atoms with Crippen LogP contribution in [-0.4, -0.2) is 43.1 Å². The Bertz CT molecular complexity index is 466. The van der Waals surface area contributed by atoms with E-state index >= 15 is 0 Å². The van der Waals surface area contributed by atoms with Crippen LogP contribution in [0.3, 0.4) is 0 Å². The van der Waals surface area contributed by atoms with Gasteiger partial charge < -0.3 is 14.2 Å². The van der Waals surface area contributed by atoms with Crippen LogP contribution in [0.1, 0.15) is 0 Å². The fourth-order valence-electron chi connectivity index (χ4n) is 1.27. The number of hydrogen-bond acceptors (Lipinski definition) is 6. The van der Waals surface area contributed by atoms with Gasteiger partial charge in [0.25, 0.3) is 0 Å². The van der Waals surface area contributed by atoms with Gasteiger partial charge in [-0.25, -0.2) is 0 Å². The van der Waals surface area contributed by atoms with E-state index < -0.39 is 0 Å². The largest absolute Gasteiger partial charge is 0.461 e. The van der Waals surface area contributed by atoms with Crippen LogP contribution in [0.5, 0.6) is 0 Å². The Morgan fingerprint density at radius 1 is 0.941 bits per heavy atom. The first-order valence-corrected chi connectivity index (χ1v) is 5.22. The number of hydrogen-bond donors (Lipinski definition) is 0. The third-order valence-electron chi connectivity index (χ3n) is 2.15. The second-order valence-corrected chi connectivity index (χ2v) is 4.03. The molecular weight excluding hydrogens is 218 g/mol. The van der Waals surface area contributed by atoms with E-state index in [-0.39, 0.29) is 0 Å². The maximum absolute atomic E-state index is 5.30. The molecule has 0 fully saturated rings. The smallest absolute Gasteiger partial charge is 0.230 e.